The van der Waals surface area contributed by atoms with Gasteiger partial charge in [-0.15, -0.1) is 0 Å². The van der Waals surface area contributed by atoms with Crippen molar-refractivity contribution in [2.75, 3.05) is 0 Å². The van der Waals surface area contributed by atoms with Gasteiger partial charge in [-0.3, -0.25) is 4.98 Å². The first-order chi connectivity index (χ1) is 11.6. The molecule has 1 unspecified atom stereocenters. The first kappa shape index (κ1) is 14.6. The molecule has 0 radical (unpaired) electrons. The Morgan fingerprint density at radius 2 is 1.88 bits per heavy atom. The van der Waals surface area contributed by atoms with Gasteiger partial charge in [-0.1, -0.05) is 42.0 Å². The predicted octanol–water partition coefficient (Wildman–Crippen LogP) is 4.54. The molecular weight excluding hydrogens is 300 g/mol. The molecule has 1 aromatic heterocycles. The highest BCUT2D eigenvalue weighted by atomic mass is 16.6. The molecule has 0 fully saturated rings. The standard InChI is InChI=1S/C20H17N2O2/c1-13-4-9-17-18(11-13)19(16-3-2-10-21-20(16)17)12-14-5-7-15(8-6-14)22(23)24/h2-11,19H,12H2,1H3,(H,23,24)/q+1. The quantitative estimate of drug-likeness (QED) is 0.721. The molecule has 24 heavy (non-hydrogen) atoms. The minimum Gasteiger partial charge on any atom is -0.256 e. The van der Waals surface area contributed by atoms with E-state index < -0.39 is 0 Å². The highest BCUT2D eigenvalue weighted by molar-refractivity contribution is 5.76. The summed E-state index contributed by atoms with van der Waals surface area (Å²) in [5.74, 6) is 0.256. The first-order valence-electron chi connectivity index (χ1n) is 7.94. The van der Waals surface area contributed by atoms with Crippen LogP contribution in [0.1, 0.15) is 28.2 Å². The topological polar surface area (TPSA) is 53.2 Å². The predicted molar refractivity (Wildman–Crippen MR) is 91.5 cm³/mol. The number of nitrogens with zero attached hydrogens (tertiary/aromatic N) is 2. The number of pyridine rings is 1. The van der Waals surface area contributed by atoms with Gasteiger partial charge in [-0.2, -0.15) is 0 Å². The van der Waals surface area contributed by atoms with Crippen LogP contribution >= 0.6 is 0 Å². The van der Waals surface area contributed by atoms with E-state index in [1.54, 1.807) is 12.1 Å². The summed E-state index contributed by atoms with van der Waals surface area (Å²) in [7, 11) is 0. The second kappa shape index (κ2) is 5.57. The smallest absolute Gasteiger partial charge is 0.256 e. The molecule has 1 heterocycles. The number of fused-ring (bicyclic) bond motifs is 3. The van der Waals surface area contributed by atoms with E-state index in [1.165, 1.54) is 22.3 Å². The summed E-state index contributed by atoms with van der Waals surface area (Å²) < 4.78 is 0. The molecule has 0 spiro atoms. The fourth-order valence-electron chi connectivity index (χ4n) is 3.49. The van der Waals surface area contributed by atoms with Crippen LogP contribution in [0.2, 0.25) is 0 Å². The van der Waals surface area contributed by atoms with E-state index in [2.05, 4.69) is 36.2 Å². The highest BCUT2D eigenvalue weighted by Crippen LogP contribution is 2.45. The van der Waals surface area contributed by atoms with Crippen molar-refractivity contribution in [3.8, 4) is 11.3 Å². The van der Waals surface area contributed by atoms with Gasteiger partial charge in [0.25, 0.3) is 4.92 Å². The van der Waals surface area contributed by atoms with Crippen LogP contribution in [-0.2, 0) is 6.42 Å². The van der Waals surface area contributed by atoms with Crippen LogP contribution in [0.4, 0.5) is 5.69 Å². The van der Waals surface area contributed by atoms with Crippen LogP contribution < -0.4 is 0 Å². The van der Waals surface area contributed by atoms with Crippen molar-refractivity contribution in [2.45, 2.75) is 19.3 Å². The van der Waals surface area contributed by atoms with Crippen molar-refractivity contribution in [2.24, 2.45) is 0 Å². The van der Waals surface area contributed by atoms with Crippen LogP contribution in [0.3, 0.4) is 0 Å². The number of aromatic nitrogens is 1. The van der Waals surface area contributed by atoms with Gasteiger partial charge >= 0.3 is 5.69 Å². The minimum atomic E-state index is -0.114. The van der Waals surface area contributed by atoms with Gasteiger partial charge in [0, 0.05) is 29.8 Å². The van der Waals surface area contributed by atoms with Crippen molar-refractivity contribution in [1.82, 2.24) is 4.98 Å². The van der Waals surface area contributed by atoms with Crippen molar-refractivity contribution >= 4 is 5.69 Å². The SMILES string of the molecule is Cc1ccc2c(c1)C(Cc1ccc([N+](=O)O)cc1)c1cccnc1-2. The fourth-order valence-corrected chi connectivity index (χ4v) is 3.49. The Balaban J connectivity index is 1.75. The van der Waals surface area contributed by atoms with Gasteiger partial charge in [0.05, 0.1) is 10.6 Å². The molecule has 0 saturated carbocycles. The van der Waals surface area contributed by atoms with Gasteiger partial charge < -0.3 is 0 Å². The maximum Gasteiger partial charge on any atom is 0.316 e. The monoisotopic (exact) mass is 317 g/mol. The third-order valence-corrected chi connectivity index (χ3v) is 4.65. The molecule has 1 N–H and O–H groups in total. The lowest BCUT2D eigenvalue weighted by Crippen LogP contribution is -2.02. The van der Waals surface area contributed by atoms with E-state index in [-0.39, 0.29) is 16.5 Å². The third kappa shape index (κ3) is 2.36. The van der Waals surface area contributed by atoms with Gasteiger partial charge in [0.2, 0.25) is 0 Å². The summed E-state index contributed by atoms with van der Waals surface area (Å²) in [5, 5.41) is 8.96. The van der Waals surface area contributed by atoms with Gasteiger partial charge in [0.15, 0.2) is 0 Å². The molecule has 3 aromatic rings. The molecule has 0 amide bonds. The summed E-state index contributed by atoms with van der Waals surface area (Å²) in [6.07, 6.45) is 2.67. The molecule has 1 aliphatic rings. The van der Waals surface area contributed by atoms with Crippen LogP contribution in [0, 0.1) is 11.8 Å². The molecule has 4 nitrogen and oxygen atoms in total. The Hall–Kier alpha value is -3.01. The molecule has 1 atom stereocenters. The number of hydrogen-bond donors (Lipinski definition) is 1. The Bertz CT molecular complexity index is 933. The molecule has 118 valence electrons. The molecule has 2 aromatic carbocycles. The molecule has 4 heteroatoms. The summed E-state index contributed by atoms with van der Waals surface area (Å²) in [6.45, 7) is 2.10. The van der Waals surface area contributed by atoms with E-state index in [1.807, 2.05) is 24.4 Å². The van der Waals surface area contributed by atoms with Crippen molar-refractivity contribution in [3.63, 3.8) is 0 Å². The Morgan fingerprint density at radius 3 is 2.62 bits per heavy atom. The van der Waals surface area contributed by atoms with Crippen molar-refractivity contribution in [1.29, 1.82) is 0 Å². The Labute approximate surface area is 140 Å². The van der Waals surface area contributed by atoms with E-state index >= 15 is 0 Å². The lowest BCUT2D eigenvalue weighted by Gasteiger charge is -2.13. The van der Waals surface area contributed by atoms with Crippen LogP contribution in [-0.4, -0.2) is 15.1 Å². The number of rotatable bonds is 3. The van der Waals surface area contributed by atoms with Crippen molar-refractivity contribution < 1.29 is 10.1 Å². The largest absolute Gasteiger partial charge is 0.316 e. The summed E-state index contributed by atoms with van der Waals surface area (Å²) in [4.78, 5) is 15.4. The Kier molecular flexibility index (Phi) is 3.38. The molecule has 4 rings (SSSR count). The van der Waals surface area contributed by atoms with E-state index in [0.29, 0.717) is 0 Å². The van der Waals surface area contributed by atoms with Crippen molar-refractivity contribution in [3.05, 3.63) is 88.0 Å². The highest BCUT2D eigenvalue weighted by Gasteiger charge is 2.29. The summed E-state index contributed by atoms with van der Waals surface area (Å²) in [6, 6.07) is 17.7. The van der Waals surface area contributed by atoms with Gasteiger partial charge in [-0.25, -0.2) is 5.21 Å². The average molecular weight is 317 g/mol. The van der Waals surface area contributed by atoms with Crippen LogP contribution in [0.25, 0.3) is 11.3 Å². The lowest BCUT2D eigenvalue weighted by molar-refractivity contribution is -0.729. The van der Waals surface area contributed by atoms with Crippen LogP contribution in [0.5, 0.6) is 0 Å². The molecule has 0 saturated heterocycles. The minimum absolute atomic E-state index is 0.114. The third-order valence-electron chi connectivity index (χ3n) is 4.65. The zero-order valence-corrected chi connectivity index (χ0v) is 13.3. The summed E-state index contributed by atoms with van der Waals surface area (Å²) >= 11 is 0. The van der Waals surface area contributed by atoms with E-state index in [0.717, 1.165) is 17.7 Å². The number of aryl methyl sites for hydroxylation is 1. The Morgan fingerprint density at radius 1 is 1.08 bits per heavy atom. The molecule has 1 aliphatic carbocycles. The second-order valence-electron chi connectivity index (χ2n) is 6.23. The first-order valence-corrected chi connectivity index (χ1v) is 7.94. The maximum absolute atomic E-state index is 10.9. The molecule has 0 aliphatic heterocycles. The van der Waals surface area contributed by atoms with Gasteiger partial charge in [0.1, 0.15) is 0 Å². The second-order valence-corrected chi connectivity index (χ2v) is 6.23. The zero-order valence-electron chi connectivity index (χ0n) is 13.3. The molecular formula is C20H17N2O2+. The number of hydrogen-bond acceptors (Lipinski definition) is 2. The summed E-state index contributed by atoms with van der Waals surface area (Å²) in [5.41, 5.74) is 7.42. The van der Waals surface area contributed by atoms with Gasteiger partial charge in [-0.05, 0) is 36.1 Å². The lowest BCUT2D eigenvalue weighted by atomic mass is 9.90. The normalized spacial score (nSPS) is 15.0. The average Bonchev–Trinajstić information content (AvgIpc) is 2.89. The number of benzene rings is 2. The molecule has 0 bridgehead atoms. The fraction of sp³-hybridized carbons (Fsp3) is 0.150. The zero-order chi connectivity index (χ0) is 16.7. The van der Waals surface area contributed by atoms with E-state index in [9.17, 15) is 4.91 Å². The van der Waals surface area contributed by atoms with Crippen LogP contribution in [0.15, 0.2) is 60.8 Å². The maximum atomic E-state index is 10.9. The van der Waals surface area contributed by atoms with E-state index in [4.69, 9.17) is 5.21 Å².